The minimum atomic E-state index is -0.122. The first-order valence-corrected chi connectivity index (χ1v) is 8.50. The third kappa shape index (κ3) is 2.05. The van der Waals surface area contributed by atoms with Gasteiger partial charge in [0.05, 0.1) is 22.5 Å². The minimum Gasteiger partial charge on any atom is -0.506 e. The number of hydrogen-bond acceptors (Lipinski definition) is 3. The van der Waals surface area contributed by atoms with Crippen LogP contribution in [0.3, 0.4) is 0 Å². The van der Waals surface area contributed by atoms with Crippen molar-refractivity contribution in [3.05, 3.63) is 50.7 Å². The number of ketones is 1. The second-order valence-corrected chi connectivity index (χ2v) is 6.51. The van der Waals surface area contributed by atoms with Crippen molar-refractivity contribution in [2.24, 2.45) is 4.99 Å². The summed E-state index contributed by atoms with van der Waals surface area (Å²) >= 11 is 0. The zero-order valence-corrected chi connectivity index (χ0v) is 15.2. The number of allylic oxidation sites excluding steroid dienone is 4. The number of H-pyrrole nitrogens is 1. The standard InChI is InChI=1S/C20H24N2O2/c1-7-13-9(3)17(21-11(13)5)15-19(23)16(20(15)24)18-10(4)14(8-2)12(6)22-18/h21,23H,7-8H2,1-6H3/b18-16+. The zero-order chi connectivity index (χ0) is 17.8. The first kappa shape index (κ1) is 16.5. The van der Waals surface area contributed by atoms with Gasteiger partial charge >= 0.3 is 0 Å². The van der Waals surface area contributed by atoms with Crippen molar-refractivity contribution in [1.29, 1.82) is 0 Å². The van der Waals surface area contributed by atoms with Gasteiger partial charge in [-0.1, -0.05) is 13.8 Å². The zero-order valence-electron chi connectivity index (χ0n) is 15.2. The first-order valence-electron chi connectivity index (χ1n) is 8.50. The lowest BCUT2D eigenvalue weighted by Crippen LogP contribution is -2.23. The number of nitrogens with one attached hydrogen (secondary N) is 1. The van der Waals surface area contributed by atoms with Gasteiger partial charge in [-0.2, -0.15) is 0 Å². The molecule has 2 heterocycles. The van der Waals surface area contributed by atoms with Crippen molar-refractivity contribution in [2.45, 2.75) is 54.4 Å². The van der Waals surface area contributed by atoms with Crippen LogP contribution in [0.4, 0.5) is 0 Å². The molecule has 0 radical (unpaired) electrons. The van der Waals surface area contributed by atoms with E-state index in [1.807, 2.05) is 27.7 Å². The predicted molar refractivity (Wildman–Crippen MR) is 97.3 cm³/mol. The monoisotopic (exact) mass is 324 g/mol. The lowest BCUT2D eigenvalue weighted by Gasteiger charge is -2.22. The Kier molecular flexibility index (Phi) is 3.86. The Bertz CT molecular complexity index is 889. The summed E-state index contributed by atoms with van der Waals surface area (Å²) in [5.74, 6) is -0.0574. The largest absolute Gasteiger partial charge is 0.506 e. The van der Waals surface area contributed by atoms with Crippen molar-refractivity contribution in [3.8, 4) is 0 Å². The Hall–Kier alpha value is -2.36. The maximum atomic E-state index is 12.8. The molecule has 1 aliphatic carbocycles. The Labute approximate surface area is 142 Å². The molecule has 1 aromatic heterocycles. The second kappa shape index (κ2) is 5.62. The Morgan fingerprint density at radius 3 is 2.17 bits per heavy atom. The van der Waals surface area contributed by atoms with E-state index in [4.69, 9.17) is 0 Å². The summed E-state index contributed by atoms with van der Waals surface area (Å²) in [7, 11) is 0. The van der Waals surface area contributed by atoms with Gasteiger partial charge in [0.1, 0.15) is 5.76 Å². The summed E-state index contributed by atoms with van der Waals surface area (Å²) in [4.78, 5) is 20.6. The number of aromatic amines is 1. The summed E-state index contributed by atoms with van der Waals surface area (Å²) in [6, 6.07) is 0. The molecule has 0 saturated heterocycles. The van der Waals surface area contributed by atoms with Crippen LogP contribution < -0.4 is 0 Å². The molecule has 126 valence electrons. The molecular weight excluding hydrogens is 300 g/mol. The molecule has 0 saturated carbocycles. The van der Waals surface area contributed by atoms with E-state index < -0.39 is 0 Å². The van der Waals surface area contributed by atoms with Crippen molar-refractivity contribution >= 4 is 17.1 Å². The number of aryl methyl sites for hydroxylation is 1. The van der Waals surface area contributed by atoms with E-state index >= 15 is 0 Å². The van der Waals surface area contributed by atoms with E-state index in [0.717, 1.165) is 46.7 Å². The molecule has 24 heavy (non-hydrogen) atoms. The smallest absolute Gasteiger partial charge is 0.204 e. The van der Waals surface area contributed by atoms with E-state index in [1.165, 1.54) is 5.56 Å². The van der Waals surface area contributed by atoms with Crippen molar-refractivity contribution < 1.29 is 9.90 Å². The molecule has 0 atom stereocenters. The van der Waals surface area contributed by atoms with Crippen molar-refractivity contribution in [2.75, 3.05) is 0 Å². The lowest BCUT2D eigenvalue weighted by atomic mass is 9.82. The van der Waals surface area contributed by atoms with Gasteiger partial charge in [-0.3, -0.25) is 9.79 Å². The second-order valence-electron chi connectivity index (χ2n) is 6.51. The number of carbonyl (C=O) groups is 1. The fraction of sp³-hybridized carbons (Fsp3) is 0.400. The molecule has 1 aliphatic heterocycles. The molecule has 0 aromatic carbocycles. The van der Waals surface area contributed by atoms with E-state index in [0.29, 0.717) is 16.8 Å². The van der Waals surface area contributed by atoms with E-state index in [2.05, 4.69) is 23.8 Å². The molecule has 4 heteroatoms. The van der Waals surface area contributed by atoms with Crippen molar-refractivity contribution in [1.82, 2.24) is 4.98 Å². The molecule has 0 amide bonds. The molecule has 3 rings (SSSR count). The number of aliphatic hydroxyl groups is 1. The highest BCUT2D eigenvalue weighted by molar-refractivity contribution is 6.39. The average Bonchev–Trinajstić information content (AvgIpc) is 2.96. The number of nitrogens with zero attached hydrogens (tertiary/aromatic N) is 1. The number of rotatable bonds is 3. The number of carbonyl (C=O) groups excluding carboxylic acids is 1. The van der Waals surface area contributed by atoms with E-state index in [1.54, 1.807) is 0 Å². The van der Waals surface area contributed by atoms with E-state index in [-0.39, 0.29) is 11.5 Å². The van der Waals surface area contributed by atoms with Gasteiger partial charge in [-0.15, -0.1) is 0 Å². The van der Waals surface area contributed by atoms with E-state index in [9.17, 15) is 9.90 Å². The van der Waals surface area contributed by atoms with Crippen LogP contribution in [0.15, 0.2) is 33.2 Å². The highest BCUT2D eigenvalue weighted by atomic mass is 16.3. The van der Waals surface area contributed by atoms with Crippen LogP contribution in [-0.2, 0) is 11.2 Å². The number of hydrogen-bond donors (Lipinski definition) is 2. The summed E-state index contributed by atoms with van der Waals surface area (Å²) in [6.07, 6.45) is 1.77. The van der Waals surface area contributed by atoms with Crippen LogP contribution in [0.2, 0.25) is 0 Å². The molecule has 0 bridgehead atoms. The topological polar surface area (TPSA) is 65.5 Å². The van der Waals surface area contributed by atoms with Crippen LogP contribution in [0, 0.1) is 13.8 Å². The van der Waals surface area contributed by atoms with Gasteiger partial charge in [-0.05, 0) is 62.8 Å². The van der Waals surface area contributed by atoms with Crippen LogP contribution in [-0.4, -0.2) is 21.6 Å². The highest BCUT2D eigenvalue weighted by Crippen LogP contribution is 2.43. The molecule has 1 aromatic rings. The number of aromatic nitrogens is 1. The fourth-order valence-corrected chi connectivity index (χ4v) is 3.92. The normalized spacial score (nSPS) is 20.9. The van der Waals surface area contributed by atoms with Crippen LogP contribution in [0.25, 0.3) is 5.57 Å². The Morgan fingerprint density at radius 2 is 1.71 bits per heavy atom. The van der Waals surface area contributed by atoms with Crippen LogP contribution in [0.1, 0.15) is 56.6 Å². The summed E-state index contributed by atoms with van der Waals surface area (Å²) in [6.45, 7) is 12.1. The van der Waals surface area contributed by atoms with Gasteiger partial charge in [0.15, 0.2) is 0 Å². The number of Topliss-reactive ketones (excluding diaryl/α,β-unsaturated/α-hetero) is 1. The third-order valence-corrected chi connectivity index (χ3v) is 5.24. The number of aliphatic imine (C=N–C) groups is 1. The van der Waals surface area contributed by atoms with Crippen LogP contribution >= 0.6 is 0 Å². The number of aliphatic hydroxyl groups excluding tert-OH is 1. The van der Waals surface area contributed by atoms with Gasteiger partial charge in [0.2, 0.25) is 5.78 Å². The predicted octanol–water partition coefficient (Wildman–Crippen LogP) is 4.50. The van der Waals surface area contributed by atoms with Crippen molar-refractivity contribution in [3.63, 3.8) is 0 Å². The Morgan fingerprint density at radius 1 is 1.04 bits per heavy atom. The molecule has 0 spiro atoms. The first-order chi connectivity index (χ1) is 11.3. The molecule has 4 nitrogen and oxygen atoms in total. The summed E-state index contributed by atoms with van der Waals surface area (Å²) < 4.78 is 0. The molecule has 0 fully saturated rings. The third-order valence-electron chi connectivity index (χ3n) is 5.24. The summed E-state index contributed by atoms with van der Waals surface area (Å²) in [5.41, 5.74) is 8.52. The van der Waals surface area contributed by atoms with Gasteiger partial charge in [0.25, 0.3) is 0 Å². The van der Waals surface area contributed by atoms with Gasteiger partial charge in [0, 0.05) is 11.4 Å². The SMILES string of the molecule is CCC1=C(C)/C(=C2\C(=O)C(c3[nH]c(C)c(CC)c3C)=C2O)N=C1C. The Balaban J connectivity index is 2.15. The quantitative estimate of drug-likeness (QED) is 0.804. The highest BCUT2D eigenvalue weighted by Gasteiger charge is 2.40. The van der Waals surface area contributed by atoms with Crippen LogP contribution in [0.5, 0.6) is 0 Å². The van der Waals surface area contributed by atoms with Gasteiger partial charge in [-0.25, -0.2) is 0 Å². The minimum absolute atomic E-state index is 0.0651. The fourth-order valence-electron chi connectivity index (χ4n) is 3.92. The lowest BCUT2D eigenvalue weighted by molar-refractivity contribution is -0.111. The molecule has 0 unspecified atom stereocenters. The summed E-state index contributed by atoms with van der Waals surface area (Å²) in [5, 5.41) is 10.6. The maximum Gasteiger partial charge on any atom is 0.204 e. The van der Waals surface area contributed by atoms with Gasteiger partial charge < -0.3 is 10.1 Å². The molecule has 2 aliphatic rings. The molecule has 2 N–H and O–H groups in total. The average molecular weight is 324 g/mol. The maximum absolute atomic E-state index is 12.8. The molecular formula is C20H24N2O2.